The van der Waals surface area contributed by atoms with Gasteiger partial charge in [-0.1, -0.05) is 54.6 Å². The fourth-order valence-electron chi connectivity index (χ4n) is 8.27. The molecule has 238 valence electrons. The van der Waals surface area contributed by atoms with Crippen LogP contribution in [0, 0.1) is 0 Å². The molecule has 3 heteroatoms. The fourth-order valence-corrected chi connectivity index (χ4v) is 10.8. The van der Waals surface area contributed by atoms with Crippen LogP contribution in [0.15, 0.2) is 182 Å². The summed E-state index contributed by atoms with van der Waals surface area (Å²) in [6.07, 6.45) is 0. The van der Waals surface area contributed by atoms with Crippen LogP contribution in [0.5, 0.6) is 0 Å². The van der Waals surface area contributed by atoms with Gasteiger partial charge in [-0.15, -0.1) is 0 Å². The fraction of sp³-hybridized carbons (Fsp3) is 0. The van der Waals surface area contributed by atoms with Crippen molar-refractivity contribution in [2.24, 2.45) is 0 Å². The number of benzene rings is 8. The van der Waals surface area contributed by atoms with Crippen molar-refractivity contribution in [2.45, 2.75) is 0 Å². The van der Waals surface area contributed by atoms with Gasteiger partial charge in [0.25, 0.3) is 0 Å². The molecule has 0 aliphatic rings. The van der Waals surface area contributed by atoms with E-state index in [0.29, 0.717) is 0 Å². The first-order valence-electron chi connectivity index (χ1n) is 17.4. The number of hydrogen-bond donors (Lipinski definition) is 0. The molecule has 0 aliphatic heterocycles. The third kappa shape index (κ3) is 4.29. The first-order chi connectivity index (χ1) is 25.3. The first-order valence-corrected chi connectivity index (χ1v) is 19.2. The van der Waals surface area contributed by atoms with E-state index in [0.717, 1.165) is 5.69 Å². The quantitative estimate of drug-likeness (QED) is 0.161. The average Bonchev–Trinajstić information content (AvgIpc) is 3.86. The van der Waals surface area contributed by atoms with E-state index in [1.807, 2.05) is 0 Å². The van der Waals surface area contributed by atoms with Gasteiger partial charge in [-0.3, -0.25) is 0 Å². The monoisotopic (exact) mass is 714 g/mol. The Labute approximate surface area is 300 Å². The number of hydrogen-bond acceptors (Lipinski definition) is 0. The molecule has 0 atom stereocenters. The molecule has 8 aromatic carbocycles. The predicted molar refractivity (Wildman–Crippen MR) is 218 cm³/mol. The Morgan fingerprint density at radius 3 is 1.61 bits per heavy atom. The summed E-state index contributed by atoms with van der Waals surface area (Å²) in [6.45, 7) is 0. The minimum atomic E-state index is 0.243. The van der Waals surface area contributed by atoms with Crippen molar-refractivity contribution in [1.29, 1.82) is 0 Å². The Balaban J connectivity index is 1.15. The minimum absolute atomic E-state index is 0.243. The summed E-state index contributed by atoms with van der Waals surface area (Å²) in [5, 5.41) is 7.93. The van der Waals surface area contributed by atoms with Crippen molar-refractivity contribution < 1.29 is 0 Å². The molecule has 11 rings (SSSR count). The standard InChI is InChI=1S/C48H30N2Se/c1-2-12-31(13-3-1)32-24-26-33(27-25-32)34-14-10-15-35(30-34)49-40-20-7-4-17-38(40)46-42(49)28-29-43-47(46)39-18-5-8-21-41(39)50(43)44-22-11-19-37-36-16-6-9-23-45(36)51-48(37)44/h1-30H. The van der Waals surface area contributed by atoms with E-state index in [9.17, 15) is 0 Å². The van der Waals surface area contributed by atoms with E-state index in [2.05, 4.69) is 191 Å². The molecule has 51 heavy (non-hydrogen) atoms. The zero-order valence-corrected chi connectivity index (χ0v) is 29.3. The van der Waals surface area contributed by atoms with Gasteiger partial charge in [0.15, 0.2) is 0 Å². The summed E-state index contributed by atoms with van der Waals surface area (Å²) >= 11 is 0.243. The van der Waals surface area contributed by atoms with Crippen LogP contribution in [-0.2, 0) is 0 Å². The number of fused-ring (bicyclic) bond motifs is 10. The molecule has 2 nitrogen and oxygen atoms in total. The molecule has 3 heterocycles. The maximum absolute atomic E-state index is 2.53. The second kappa shape index (κ2) is 11.2. The topological polar surface area (TPSA) is 9.86 Å². The molecule has 0 radical (unpaired) electrons. The van der Waals surface area contributed by atoms with Crippen molar-refractivity contribution in [3.05, 3.63) is 182 Å². The molecule has 0 N–H and O–H groups in total. The van der Waals surface area contributed by atoms with Crippen molar-refractivity contribution >= 4 is 77.4 Å². The Hall–Kier alpha value is -6.12. The van der Waals surface area contributed by atoms with Gasteiger partial charge in [0.1, 0.15) is 0 Å². The zero-order valence-electron chi connectivity index (χ0n) is 27.6. The van der Waals surface area contributed by atoms with Crippen molar-refractivity contribution in [3.8, 4) is 33.6 Å². The summed E-state index contributed by atoms with van der Waals surface area (Å²) < 4.78 is 7.92. The zero-order chi connectivity index (χ0) is 33.5. The number of nitrogens with zero attached hydrogens (tertiary/aromatic N) is 2. The van der Waals surface area contributed by atoms with E-state index in [4.69, 9.17) is 0 Å². The van der Waals surface area contributed by atoms with Crippen LogP contribution < -0.4 is 0 Å². The summed E-state index contributed by atoms with van der Waals surface area (Å²) in [5.74, 6) is 0. The number of rotatable bonds is 4. The van der Waals surface area contributed by atoms with Gasteiger partial charge in [-0.05, 0) is 11.1 Å². The molecule has 0 spiro atoms. The molecule has 0 bridgehead atoms. The molecular formula is C48H30N2Se. The predicted octanol–water partition coefficient (Wildman–Crippen LogP) is 12.6. The van der Waals surface area contributed by atoms with Crippen molar-refractivity contribution in [2.75, 3.05) is 0 Å². The van der Waals surface area contributed by atoms with Gasteiger partial charge in [-0.25, -0.2) is 0 Å². The van der Waals surface area contributed by atoms with Crippen molar-refractivity contribution in [3.63, 3.8) is 0 Å². The maximum Gasteiger partial charge on any atom is -0.0538 e. The molecule has 0 fully saturated rings. The summed E-state index contributed by atoms with van der Waals surface area (Å²) in [6, 6.07) is 66.9. The van der Waals surface area contributed by atoms with E-state index in [1.54, 1.807) is 0 Å². The van der Waals surface area contributed by atoms with Gasteiger partial charge >= 0.3 is 236 Å². The molecule has 0 amide bonds. The molecule has 11 aromatic rings. The summed E-state index contributed by atoms with van der Waals surface area (Å²) in [7, 11) is 0. The largest absolute Gasteiger partial charge is 0.0617 e. The van der Waals surface area contributed by atoms with Crippen LogP contribution in [-0.4, -0.2) is 23.6 Å². The molecule has 0 saturated carbocycles. The van der Waals surface area contributed by atoms with Crippen LogP contribution in [0.2, 0.25) is 0 Å². The smallest absolute Gasteiger partial charge is 0.0538 e. The SMILES string of the molecule is c1ccc(-c2ccc(-c3cccc(-n4c5ccccc5c5c6c7ccccc7n(-c7cccc8c7[se]c7ccccc78)c6ccc54)c3)cc2)cc1. The van der Waals surface area contributed by atoms with E-state index >= 15 is 0 Å². The van der Waals surface area contributed by atoms with Gasteiger partial charge in [-0.2, -0.15) is 0 Å². The van der Waals surface area contributed by atoms with Gasteiger partial charge in [0.2, 0.25) is 0 Å². The van der Waals surface area contributed by atoms with Crippen LogP contribution in [0.4, 0.5) is 0 Å². The molecule has 3 aromatic heterocycles. The van der Waals surface area contributed by atoms with E-state index in [-0.39, 0.29) is 14.5 Å². The molecule has 0 aliphatic carbocycles. The second-order valence-electron chi connectivity index (χ2n) is 13.3. The van der Waals surface area contributed by atoms with Crippen LogP contribution in [0.1, 0.15) is 0 Å². The summed E-state index contributed by atoms with van der Waals surface area (Å²) in [4.78, 5) is 0. The second-order valence-corrected chi connectivity index (χ2v) is 15.5. The van der Waals surface area contributed by atoms with Gasteiger partial charge < -0.3 is 0 Å². The molecule has 0 unspecified atom stereocenters. The average molecular weight is 714 g/mol. The Bertz CT molecular complexity index is 3120. The first kappa shape index (κ1) is 28.7. The van der Waals surface area contributed by atoms with E-state index in [1.165, 1.54) is 90.8 Å². The third-order valence-electron chi connectivity index (χ3n) is 10.5. The van der Waals surface area contributed by atoms with Crippen LogP contribution in [0.3, 0.4) is 0 Å². The van der Waals surface area contributed by atoms with Crippen molar-refractivity contribution in [1.82, 2.24) is 9.13 Å². The number of para-hydroxylation sites is 2. The Kier molecular flexibility index (Phi) is 6.30. The summed E-state index contributed by atoms with van der Waals surface area (Å²) in [5.41, 5.74) is 12.3. The van der Waals surface area contributed by atoms with Gasteiger partial charge in [0, 0.05) is 0 Å². The van der Waals surface area contributed by atoms with Crippen LogP contribution in [0.25, 0.3) is 96.5 Å². The molecular weight excluding hydrogens is 684 g/mol. The Morgan fingerprint density at radius 1 is 0.333 bits per heavy atom. The Morgan fingerprint density at radius 2 is 0.863 bits per heavy atom. The third-order valence-corrected chi connectivity index (χ3v) is 13.1. The van der Waals surface area contributed by atoms with Crippen LogP contribution >= 0.6 is 0 Å². The number of aromatic nitrogens is 2. The van der Waals surface area contributed by atoms with Gasteiger partial charge in [0.05, 0.1) is 0 Å². The normalized spacial score (nSPS) is 11.9. The van der Waals surface area contributed by atoms with E-state index < -0.39 is 0 Å². The minimum Gasteiger partial charge on any atom is -0.0617 e. The maximum atomic E-state index is 2.53. The molecule has 0 saturated heterocycles.